The van der Waals surface area contributed by atoms with Crippen molar-refractivity contribution in [3.63, 3.8) is 0 Å². The van der Waals surface area contributed by atoms with Crippen LogP contribution in [0.25, 0.3) is 0 Å². The first-order chi connectivity index (χ1) is 8.51. The number of nitrogens with zero attached hydrogens (tertiary/aromatic N) is 2. The molecule has 1 saturated heterocycles. The predicted octanol–water partition coefficient (Wildman–Crippen LogP) is 4.04. The van der Waals surface area contributed by atoms with Gasteiger partial charge < -0.3 is 4.90 Å². The lowest BCUT2D eigenvalue weighted by atomic mass is 10.0. The molecule has 0 N–H and O–H groups in total. The van der Waals surface area contributed by atoms with Crippen molar-refractivity contribution in [3.05, 3.63) is 23.4 Å². The summed E-state index contributed by atoms with van der Waals surface area (Å²) in [5, 5.41) is 0. The Balaban J connectivity index is 2.30. The topological polar surface area (TPSA) is 16.1 Å². The van der Waals surface area contributed by atoms with Gasteiger partial charge in [0.15, 0.2) is 0 Å². The van der Waals surface area contributed by atoms with E-state index in [9.17, 15) is 0 Å². The molecule has 0 spiro atoms. The van der Waals surface area contributed by atoms with Crippen LogP contribution in [0, 0.1) is 11.8 Å². The fraction of sp³-hybridized carbons (Fsp3) is 0.667. The number of halogens is 1. The second kappa shape index (κ2) is 5.48. The molecule has 1 aromatic heterocycles. The maximum atomic E-state index is 5.99. The summed E-state index contributed by atoms with van der Waals surface area (Å²) in [6.07, 6.45) is 0. The Morgan fingerprint density at radius 2 is 1.89 bits per heavy atom. The predicted molar refractivity (Wildman–Crippen MR) is 78.4 cm³/mol. The minimum Gasteiger partial charge on any atom is -0.356 e. The maximum Gasteiger partial charge on any atom is 0.129 e. The first-order valence-electron chi connectivity index (χ1n) is 6.83. The van der Waals surface area contributed by atoms with Gasteiger partial charge in [-0.1, -0.05) is 27.7 Å². The summed E-state index contributed by atoms with van der Waals surface area (Å²) >= 11 is 5.99. The van der Waals surface area contributed by atoms with Crippen LogP contribution in [0.3, 0.4) is 0 Å². The summed E-state index contributed by atoms with van der Waals surface area (Å²) in [6.45, 7) is 11.2. The van der Waals surface area contributed by atoms with Gasteiger partial charge in [0.05, 0.1) is 0 Å². The molecule has 2 unspecified atom stereocenters. The first kappa shape index (κ1) is 13.7. The number of hydrogen-bond donors (Lipinski definition) is 0. The van der Waals surface area contributed by atoms with Crippen molar-refractivity contribution in [3.8, 4) is 0 Å². The number of anilines is 1. The molecule has 0 bridgehead atoms. The van der Waals surface area contributed by atoms with Crippen molar-refractivity contribution < 1.29 is 0 Å². The van der Waals surface area contributed by atoms with Gasteiger partial charge in [0, 0.05) is 24.7 Å². The molecule has 1 aliphatic rings. The minimum atomic E-state index is 0.448. The zero-order chi connectivity index (χ0) is 13.3. The molecule has 100 valence electrons. The molecule has 2 nitrogen and oxygen atoms in total. The Labute approximate surface area is 115 Å². The molecule has 0 saturated carbocycles. The Morgan fingerprint density at radius 1 is 1.28 bits per heavy atom. The van der Waals surface area contributed by atoms with Gasteiger partial charge in [0.1, 0.15) is 5.82 Å². The van der Waals surface area contributed by atoms with E-state index in [1.807, 2.05) is 0 Å². The quantitative estimate of drug-likeness (QED) is 0.768. The van der Waals surface area contributed by atoms with Crippen LogP contribution in [0.5, 0.6) is 0 Å². The number of aromatic nitrogens is 1. The van der Waals surface area contributed by atoms with Gasteiger partial charge in [0.25, 0.3) is 0 Å². The van der Waals surface area contributed by atoms with Crippen molar-refractivity contribution in [1.29, 1.82) is 0 Å². The second-order valence-electron chi connectivity index (χ2n) is 5.91. The number of alkyl halides is 1. The third-order valence-electron chi connectivity index (χ3n) is 3.95. The number of pyridine rings is 1. The van der Waals surface area contributed by atoms with Gasteiger partial charge in [-0.15, -0.1) is 11.6 Å². The largest absolute Gasteiger partial charge is 0.356 e. The van der Waals surface area contributed by atoms with E-state index in [-0.39, 0.29) is 0 Å². The van der Waals surface area contributed by atoms with Gasteiger partial charge in [-0.2, -0.15) is 0 Å². The van der Waals surface area contributed by atoms with Crippen molar-refractivity contribution in [2.24, 2.45) is 11.8 Å². The summed E-state index contributed by atoms with van der Waals surface area (Å²) in [5.74, 6) is 3.61. The highest BCUT2D eigenvalue weighted by molar-refractivity contribution is 6.17. The number of hydrogen-bond acceptors (Lipinski definition) is 2. The van der Waals surface area contributed by atoms with Gasteiger partial charge in [-0.25, -0.2) is 4.98 Å². The third-order valence-corrected chi connectivity index (χ3v) is 4.26. The Hall–Kier alpha value is -0.760. The average Bonchev–Trinajstić information content (AvgIpc) is 2.69. The maximum absolute atomic E-state index is 5.99. The molecule has 18 heavy (non-hydrogen) atoms. The zero-order valence-electron chi connectivity index (χ0n) is 11.8. The van der Waals surface area contributed by atoms with Crippen molar-refractivity contribution >= 4 is 17.4 Å². The highest BCUT2D eigenvalue weighted by atomic mass is 35.5. The third kappa shape index (κ3) is 2.80. The molecule has 1 fully saturated rings. The lowest BCUT2D eigenvalue weighted by Crippen LogP contribution is -2.21. The van der Waals surface area contributed by atoms with Gasteiger partial charge in [-0.3, -0.25) is 0 Å². The smallest absolute Gasteiger partial charge is 0.129 e. The van der Waals surface area contributed by atoms with Crippen LogP contribution in [-0.4, -0.2) is 18.1 Å². The van der Waals surface area contributed by atoms with Crippen LogP contribution in [0.2, 0.25) is 0 Å². The van der Waals surface area contributed by atoms with Crippen molar-refractivity contribution in [2.75, 3.05) is 18.0 Å². The molecule has 2 rings (SSSR count). The van der Waals surface area contributed by atoms with Crippen LogP contribution in [0.15, 0.2) is 12.1 Å². The van der Waals surface area contributed by atoms with E-state index in [1.54, 1.807) is 0 Å². The van der Waals surface area contributed by atoms with E-state index >= 15 is 0 Å². The molecule has 1 aliphatic heterocycles. The van der Waals surface area contributed by atoms with Crippen LogP contribution < -0.4 is 4.90 Å². The minimum absolute atomic E-state index is 0.448. The lowest BCUT2D eigenvalue weighted by molar-refractivity contribution is 0.494. The Morgan fingerprint density at radius 3 is 2.39 bits per heavy atom. The molecule has 1 aromatic rings. The molecule has 0 amide bonds. The molecule has 2 heterocycles. The molecular formula is C15H23ClN2. The van der Waals surface area contributed by atoms with E-state index < -0.39 is 0 Å². The second-order valence-corrected chi connectivity index (χ2v) is 6.17. The molecule has 3 heteroatoms. The van der Waals surface area contributed by atoms with E-state index in [0.29, 0.717) is 11.8 Å². The highest BCUT2D eigenvalue weighted by Gasteiger charge is 2.27. The van der Waals surface area contributed by atoms with E-state index in [0.717, 1.165) is 36.4 Å². The summed E-state index contributed by atoms with van der Waals surface area (Å²) in [7, 11) is 0. The summed E-state index contributed by atoms with van der Waals surface area (Å²) < 4.78 is 0. The van der Waals surface area contributed by atoms with Gasteiger partial charge in [0.2, 0.25) is 0 Å². The molecule has 0 aromatic carbocycles. The van der Waals surface area contributed by atoms with Crippen LogP contribution in [0.4, 0.5) is 5.82 Å². The summed E-state index contributed by atoms with van der Waals surface area (Å²) in [5.41, 5.74) is 2.33. The van der Waals surface area contributed by atoms with E-state index in [2.05, 4.69) is 44.7 Å². The summed E-state index contributed by atoms with van der Waals surface area (Å²) in [4.78, 5) is 7.20. The van der Waals surface area contributed by atoms with Gasteiger partial charge >= 0.3 is 0 Å². The van der Waals surface area contributed by atoms with E-state index in [1.165, 1.54) is 5.56 Å². The van der Waals surface area contributed by atoms with Crippen LogP contribution >= 0.6 is 11.6 Å². The highest BCUT2D eigenvalue weighted by Crippen LogP contribution is 2.28. The fourth-order valence-corrected chi connectivity index (χ4v) is 2.60. The first-order valence-corrected chi connectivity index (χ1v) is 7.36. The summed E-state index contributed by atoms with van der Waals surface area (Å²) in [6, 6.07) is 4.27. The monoisotopic (exact) mass is 266 g/mol. The van der Waals surface area contributed by atoms with Gasteiger partial charge in [-0.05, 0) is 35.4 Å². The Bertz CT molecular complexity index is 407. The molecular weight excluding hydrogens is 244 g/mol. The van der Waals surface area contributed by atoms with Crippen LogP contribution in [-0.2, 0) is 5.88 Å². The molecule has 0 radical (unpaired) electrons. The van der Waals surface area contributed by atoms with Crippen molar-refractivity contribution in [1.82, 2.24) is 4.98 Å². The number of rotatable bonds is 3. The Kier molecular flexibility index (Phi) is 4.16. The van der Waals surface area contributed by atoms with Crippen LogP contribution in [0.1, 0.15) is 44.9 Å². The average molecular weight is 267 g/mol. The van der Waals surface area contributed by atoms with Crippen molar-refractivity contribution in [2.45, 2.75) is 39.5 Å². The molecule has 2 atom stereocenters. The SMILES string of the molecule is CC(C)c1cc(CCl)cc(N2CC(C)C(C)C2)n1. The lowest BCUT2D eigenvalue weighted by Gasteiger charge is -2.20. The fourth-order valence-electron chi connectivity index (χ4n) is 2.45. The zero-order valence-corrected chi connectivity index (χ0v) is 12.5. The normalized spacial score (nSPS) is 24.0. The van der Waals surface area contributed by atoms with E-state index in [4.69, 9.17) is 16.6 Å². The standard InChI is InChI=1S/C15H23ClN2/c1-10(2)14-5-13(7-16)6-15(17-14)18-8-11(3)12(4)9-18/h5-6,10-12H,7-9H2,1-4H3. The molecule has 0 aliphatic carbocycles.